The highest BCUT2D eigenvalue weighted by Gasteiger charge is 2.33. The Balaban J connectivity index is 1.46. The zero-order valence-electron chi connectivity index (χ0n) is 13.5. The molecule has 0 spiro atoms. The van der Waals surface area contributed by atoms with Gasteiger partial charge in [-0.15, -0.1) is 0 Å². The maximum absolute atomic E-state index is 12.5. The van der Waals surface area contributed by atoms with Crippen LogP contribution in [0.3, 0.4) is 0 Å². The minimum absolute atomic E-state index is 0.0890. The number of carbonyl (C=O) groups excluding carboxylic acids is 1. The molecule has 0 aromatic carbocycles. The lowest BCUT2D eigenvalue weighted by molar-refractivity contribution is 0.0712. The molecule has 7 nitrogen and oxygen atoms in total. The summed E-state index contributed by atoms with van der Waals surface area (Å²) < 4.78 is 11.1. The van der Waals surface area contributed by atoms with Crippen LogP contribution in [-0.4, -0.2) is 42.0 Å². The van der Waals surface area contributed by atoms with Gasteiger partial charge in [0.15, 0.2) is 5.76 Å². The van der Waals surface area contributed by atoms with Crippen LogP contribution in [0.15, 0.2) is 21.2 Å². The first kappa shape index (κ1) is 14.8. The molecule has 0 bridgehead atoms. The summed E-state index contributed by atoms with van der Waals surface area (Å²) in [5.74, 6) is 1.90. The maximum atomic E-state index is 12.5. The van der Waals surface area contributed by atoms with E-state index in [0.717, 1.165) is 18.4 Å². The van der Waals surface area contributed by atoms with Gasteiger partial charge in [0.2, 0.25) is 17.5 Å². The molecule has 2 fully saturated rings. The van der Waals surface area contributed by atoms with Crippen LogP contribution in [0.5, 0.6) is 0 Å². The Kier molecular flexibility index (Phi) is 3.53. The van der Waals surface area contributed by atoms with Crippen molar-refractivity contribution in [3.05, 3.63) is 35.2 Å². The van der Waals surface area contributed by atoms with Crippen molar-refractivity contribution in [1.82, 2.24) is 9.88 Å². The third kappa shape index (κ3) is 2.54. The zero-order chi connectivity index (χ0) is 16.7. The van der Waals surface area contributed by atoms with Gasteiger partial charge >= 0.3 is 0 Å². The highest BCUT2D eigenvalue weighted by atomic mass is 16.4. The second kappa shape index (κ2) is 5.71. The van der Waals surface area contributed by atoms with Crippen LogP contribution in [0.2, 0.25) is 0 Å². The number of aromatic nitrogens is 1. The van der Waals surface area contributed by atoms with E-state index in [2.05, 4.69) is 11.1 Å². The molecule has 1 aliphatic carbocycles. The van der Waals surface area contributed by atoms with E-state index in [-0.39, 0.29) is 5.91 Å². The number of piperazine rings is 1. The number of nitrogens with zero attached hydrogens (tertiary/aromatic N) is 4. The molecule has 7 heteroatoms. The predicted octanol–water partition coefficient (Wildman–Crippen LogP) is 2.29. The van der Waals surface area contributed by atoms with Crippen LogP contribution in [0.1, 0.15) is 46.5 Å². The number of amides is 1. The Bertz CT molecular complexity index is 804. The van der Waals surface area contributed by atoms with E-state index >= 15 is 0 Å². The van der Waals surface area contributed by atoms with Gasteiger partial charge in [-0.1, -0.05) is 0 Å². The van der Waals surface area contributed by atoms with Crippen LogP contribution in [0.4, 0.5) is 5.88 Å². The van der Waals surface area contributed by atoms with Crippen LogP contribution in [0, 0.1) is 18.3 Å². The van der Waals surface area contributed by atoms with Gasteiger partial charge in [-0.25, -0.2) is 4.98 Å². The van der Waals surface area contributed by atoms with Crippen molar-refractivity contribution in [2.75, 3.05) is 31.1 Å². The summed E-state index contributed by atoms with van der Waals surface area (Å²) in [6.45, 7) is 4.20. The van der Waals surface area contributed by atoms with Crippen molar-refractivity contribution in [2.24, 2.45) is 0 Å². The molecule has 3 heterocycles. The van der Waals surface area contributed by atoms with Crippen LogP contribution < -0.4 is 4.90 Å². The third-order valence-electron chi connectivity index (χ3n) is 4.57. The number of hydrogen-bond acceptors (Lipinski definition) is 6. The summed E-state index contributed by atoms with van der Waals surface area (Å²) in [5.41, 5.74) is 1.19. The van der Waals surface area contributed by atoms with E-state index in [4.69, 9.17) is 8.83 Å². The van der Waals surface area contributed by atoms with Crippen LogP contribution >= 0.6 is 0 Å². The normalized spacial score (nSPS) is 17.8. The SMILES string of the molecule is Cc1ccoc1C(=O)N1CCN(c2oc(C3CC3)nc2C#N)CC1. The van der Waals surface area contributed by atoms with Crippen LogP contribution in [0.25, 0.3) is 0 Å². The maximum Gasteiger partial charge on any atom is 0.289 e. The van der Waals surface area contributed by atoms with Gasteiger partial charge < -0.3 is 18.6 Å². The molecular formula is C17H18N4O3. The average Bonchev–Trinajstić information content (AvgIpc) is 3.23. The zero-order valence-corrected chi connectivity index (χ0v) is 13.5. The first-order valence-electron chi connectivity index (χ1n) is 8.16. The van der Waals surface area contributed by atoms with E-state index < -0.39 is 0 Å². The van der Waals surface area contributed by atoms with Crippen molar-refractivity contribution in [2.45, 2.75) is 25.7 Å². The number of nitriles is 1. The standard InChI is InChI=1S/C17H18N4O3/c1-11-4-9-23-14(11)16(22)20-5-7-21(8-6-20)17-13(10-18)19-15(24-17)12-2-3-12/h4,9,12H,2-3,5-8H2,1H3. The number of oxazole rings is 1. The lowest BCUT2D eigenvalue weighted by Gasteiger charge is -2.34. The number of anilines is 1. The molecule has 2 aromatic rings. The second-order valence-corrected chi connectivity index (χ2v) is 6.30. The van der Waals surface area contributed by atoms with Crippen molar-refractivity contribution in [1.29, 1.82) is 5.26 Å². The van der Waals surface area contributed by atoms with Crippen molar-refractivity contribution in [3.8, 4) is 6.07 Å². The molecule has 2 aromatic heterocycles. The summed E-state index contributed by atoms with van der Waals surface area (Å²) in [6, 6.07) is 3.91. The monoisotopic (exact) mass is 326 g/mol. The minimum Gasteiger partial charge on any atom is -0.459 e. The molecule has 0 radical (unpaired) electrons. The summed E-state index contributed by atoms with van der Waals surface area (Å²) in [6.07, 6.45) is 3.69. The molecular weight excluding hydrogens is 308 g/mol. The topological polar surface area (TPSA) is 86.5 Å². The van der Waals surface area contributed by atoms with Gasteiger partial charge in [0.1, 0.15) is 6.07 Å². The highest BCUT2D eigenvalue weighted by molar-refractivity contribution is 5.93. The Hall–Kier alpha value is -2.75. The third-order valence-corrected chi connectivity index (χ3v) is 4.57. The Morgan fingerprint density at radius 1 is 1.33 bits per heavy atom. The van der Waals surface area contributed by atoms with E-state index in [1.54, 1.807) is 11.0 Å². The lowest BCUT2D eigenvalue weighted by Crippen LogP contribution is -2.49. The number of aryl methyl sites for hydroxylation is 1. The highest BCUT2D eigenvalue weighted by Crippen LogP contribution is 2.41. The average molecular weight is 326 g/mol. The van der Waals surface area contributed by atoms with Crippen molar-refractivity contribution in [3.63, 3.8) is 0 Å². The molecule has 24 heavy (non-hydrogen) atoms. The number of carbonyl (C=O) groups is 1. The molecule has 124 valence electrons. The molecule has 1 aliphatic heterocycles. The van der Waals surface area contributed by atoms with Crippen LogP contribution in [-0.2, 0) is 0 Å². The molecule has 1 saturated heterocycles. The van der Waals surface area contributed by atoms with Gasteiger partial charge in [0.05, 0.1) is 6.26 Å². The van der Waals surface area contributed by atoms with E-state index in [0.29, 0.717) is 55.3 Å². The number of furan rings is 1. The van der Waals surface area contributed by atoms with Gasteiger partial charge in [0.25, 0.3) is 5.91 Å². The molecule has 2 aliphatic rings. The van der Waals surface area contributed by atoms with Crippen molar-refractivity contribution < 1.29 is 13.6 Å². The summed E-state index contributed by atoms with van der Waals surface area (Å²) >= 11 is 0. The second-order valence-electron chi connectivity index (χ2n) is 6.30. The Morgan fingerprint density at radius 2 is 2.08 bits per heavy atom. The first-order chi connectivity index (χ1) is 11.7. The van der Waals surface area contributed by atoms with E-state index in [1.807, 2.05) is 11.8 Å². The van der Waals surface area contributed by atoms with E-state index in [1.165, 1.54) is 6.26 Å². The summed E-state index contributed by atoms with van der Waals surface area (Å²) in [7, 11) is 0. The summed E-state index contributed by atoms with van der Waals surface area (Å²) in [4.78, 5) is 20.5. The van der Waals surface area contributed by atoms with Gasteiger partial charge in [-0.2, -0.15) is 5.26 Å². The largest absolute Gasteiger partial charge is 0.459 e. The Morgan fingerprint density at radius 3 is 2.67 bits per heavy atom. The fourth-order valence-electron chi connectivity index (χ4n) is 2.97. The quantitative estimate of drug-likeness (QED) is 0.860. The fourth-order valence-corrected chi connectivity index (χ4v) is 2.97. The lowest BCUT2D eigenvalue weighted by atomic mass is 10.2. The van der Waals surface area contributed by atoms with Gasteiger partial charge in [-0.3, -0.25) is 4.79 Å². The molecule has 1 amide bonds. The van der Waals surface area contributed by atoms with Gasteiger partial charge in [-0.05, 0) is 25.8 Å². The Labute approximate surface area is 139 Å². The van der Waals surface area contributed by atoms with E-state index in [9.17, 15) is 10.1 Å². The first-order valence-corrected chi connectivity index (χ1v) is 8.16. The fraction of sp³-hybridized carbons (Fsp3) is 0.471. The molecule has 0 unspecified atom stereocenters. The molecule has 0 atom stereocenters. The predicted molar refractivity (Wildman–Crippen MR) is 84.8 cm³/mol. The molecule has 4 rings (SSSR count). The van der Waals surface area contributed by atoms with Crippen molar-refractivity contribution >= 4 is 11.8 Å². The molecule has 1 saturated carbocycles. The molecule has 0 N–H and O–H groups in total. The summed E-state index contributed by atoms with van der Waals surface area (Å²) in [5, 5.41) is 9.28. The smallest absolute Gasteiger partial charge is 0.289 e. The number of rotatable bonds is 3. The number of hydrogen-bond donors (Lipinski definition) is 0. The van der Waals surface area contributed by atoms with Gasteiger partial charge in [0, 0.05) is 37.7 Å². The minimum atomic E-state index is -0.0890.